The summed E-state index contributed by atoms with van der Waals surface area (Å²) < 4.78 is 5.49. The van der Waals surface area contributed by atoms with Gasteiger partial charge < -0.3 is 4.74 Å². The molecule has 0 fully saturated rings. The van der Waals surface area contributed by atoms with Gasteiger partial charge in [-0.2, -0.15) is 0 Å². The molecule has 17 heavy (non-hydrogen) atoms. The van der Waals surface area contributed by atoms with Crippen molar-refractivity contribution in [1.82, 2.24) is 0 Å². The molecular formula is C12H13NO4. The Balaban J connectivity index is 2.49. The monoisotopic (exact) mass is 235 g/mol. The van der Waals surface area contributed by atoms with E-state index in [2.05, 4.69) is 0 Å². The third-order valence-corrected chi connectivity index (χ3v) is 3.08. The van der Waals surface area contributed by atoms with Crippen LogP contribution < -0.4 is 4.74 Å². The number of fused-ring (bicyclic) bond motifs is 1. The third-order valence-electron chi connectivity index (χ3n) is 3.08. The van der Waals surface area contributed by atoms with Crippen molar-refractivity contribution >= 4 is 11.5 Å². The van der Waals surface area contributed by atoms with Gasteiger partial charge in [0.2, 0.25) is 0 Å². The molecule has 1 atom stereocenters. The van der Waals surface area contributed by atoms with Crippen LogP contribution in [0.25, 0.3) is 0 Å². The van der Waals surface area contributed by atoms with E-state index >= 15 is 0 Å². The quantitative estimate of drug-likeness (QED) is 0.581. The second-order valence-corrected chi connectivity index (χ2v) is 4.29. The highest BCUT2D eigenvalue weighted by Crippen LogP contribution is 2.37. The van der Waals surface area contributed by atoms with Gasteiger partial charge >= 0.3 is 0 Å². The molecule has 0 amide bonds. The highest BCUT2D eigenvalue weighted by atomic mass is 16.6. The first kappa shape index (κ1) is 11.6. The van der Waals surface area contributed by atoms with E-state index in [1.165, 1.54) is 13.0 Å². The summed E-state index contributed by atoms with van der Waals surface area (Å²) in [7, 11) is 0. The number of nitro groups is 1. The fourth-order valence-corrected chi connectivity index (χ4v) is 2.05. The van der Waals surface area contributed by atoms with Crippen LogP contribution in [0.1, 0.15) is 18.1 Å². The highest BCUT2D eigenvalue weighted by Gasteiger charge is 2.30. The third kappa shape index (κ3) is 2.00. The Hall–Kier alpha value is -1.91. The number of rotatable bonds is 2. The summed E-state index contributed by atoms with van der Waals surface area (Å²) in [6, 6.07) is 3.14. The van der Waals surface area contributed by atoms with Gasteiger partial charge in [0.25, 0.3) is 5.69 Å². The lowest BCUT2D eigenvalue weighted by atomic mass is 9.91. The highest BCUT2D eigenvalue weighted by molar-refractivity contribution is 5.79. The molecule has 5 nitrogen and oxygen atoms in total. The van der Waals surface area contributed by atoms with E-state index in [4.69, 9.17) is 4.74 Å². The van der Waals surface area contributed by atoms with Gasteiger partial charge in [0, 0.05) is 6.07 Å². The molecule has 90 valence electrons. The van der Waals surface area contributed by atoms with Crippen molar-refractivity contribution in [1.29, 1.82) is 0 Å². The number of benzene rings is 1. The molecule has 0 saturated heterocycles. The SMILES string of the molecule is CC(=O)C1COc2c(C)ccc([N+](=O)[O-])c2C1. The Bertz CT molecular complexity index is 496. The number of ether oxygens (including phenoxy) is 1. The first-order chi connectivity index (χ1) is 8.00. The fourth-order valence-electron chi connectivity index (χ4n) is 2.05. The van der Waals surface area contributed by atoms with Crippen molar-refractivity contribution in [2.45, 2.75) is 20.3 Å². The maximum atomic E-state index is 11.3. The van der Waals surface area contributed by atoms with E-state index in [1.54, 1.807) is 6.07 Å². The Kier molecular flexibility index (Phi) is 2.83. The molecule has 0 aliphatic carbocycles. The lowest BCUT2D eigenvalue weighted by Crippen LogP contribution is -2.27. The Morgan fingerprint density at radius 3 is 2.82 bits per heavy atom. The molecule has 1 aliphatic heterocycles. The Morgan fingerprint density at radius 1 is 1.53 bits per heavy atom. The summed E-state index contributed by atoms with van der Waals surface area (Å²) in [6.07, 6.45) is 0.392. The minimum atomic E-state index is -0.426. The maximum Gasteiger partial charge on any atom is 0.276 e. The normalized spacial score (nSPS) is 18.1. The average Bonchev–Trinajstić information content (AvgIpc) is 2.28. The molecule has 2 rings (SSSR count). The second kappa shape index (κ2) is 4.16. The first-order valence-corrected chi connectivity index (χ1v) is 5.41. The van der Waals surface area contributed by atoms with Crippen LogP contribution in [0.2, 0.25) is 0 Å². The molecule has 0 aromatic heterocycles. The molecule has 0 N–H and O–H groups in total. The van der Waals surface area contributed by atoms with Crippen molar-refractivity contribution in [3.8, 4) is 5.75 Å². The van der Waals surface area contributed by atoms with E-state index in [-0.39, 0.29) is 17.4 Å². The number of ketones is 1. The minimum absolute atomic E-state index is 0.00598. The van der Waals surface area contributed by atoms with Crippen LogP contribution in [0.15, 0.2) is 12.1 Å². The summed E-state index contributed by atoms with van der Waals surface area (Å²) >= 11 is 0. The predicted molar refractivity (Wildman–Crippen MR) is 61.2 cm³/mol. The van der Waals surface area contributed by atoms with Gasteiger partial charge in [-0.05, 0) is 31.9 Å². The molecule has 0 bridgehead atoms. The lowest BCUT2D eigenvalue weighted by Gasteiger charge is -2.24. The van der Waals surface area contributed by atoms with Crippen LogP contribution in [-0.4, -0.2) is 17.3 Å². The van der Waals surface area contributed by atoms with Gasteiger partial charge in [-0.3, -0.25) is 14.9 Å². The van der Waals surface area contributed by atoms with E-state index < -0.39 is 4.92 Å². The summed E-state index contributed by atoms with van der Waals surface area (Å²) in [5.74, 6) is 0.297. The van der Waals surface area contributed by atoms with Gasteiger partial charge in [0.1, 0.15) is 11.5 Å². The smallest absolute Gasteiger partial charge is 0.276 e. The molecule has 1 aromatic rings. The van der Waals surface area contributed by atoms with Crippen LogP contribution in [0.3, 0.4) is 0 Å². The number of Topliss-reactive ketones (excluding diaryl/α,β-unsaturated/α-hetero) is 1. The van der Waals surface area contributed by atoms with E-state index in [0.29, 0.717) is 24.3 Å². The largest absolute Gasteiger partial charge is 0.492 e. The number of nitrogens with zero attached hydrogens (tertiary/aromatic N) is 1. The number of nitro benzene ring substituents is 1. The minimum Gasteiger partial charge on any atom is -0.492 e. The Morgan fingerprint density at radius 2 is 2.24 bits per heavy atom. The summed E-state index contributed by atoms with van der Waals surface area (Å²) in [4.78, 5) is 21.8. The number of carbonyl (C=O) groups is 1. The second-order valence-electron chi connectivity index (χ2n) is 4.29. The van der Waals surface area contributed by atoms with Crippen LogP contribution in [-0.2, 0) is 11.2 Å². The molecule has 1 aromatic carbocycles. The van der Waals surface area contributed by atoms with Gasteiger partial charge in [0.05, 0.1) is 23.0 Å². The fraction of sp³-hybridized carbons (Fsp3) is 0.417. The zero-order valence-corrected chi connectivity index (χ0v) is 9.73. The van der Waals surface area contributed by atoms with Crippen molar-refractivity contribution in [3.05, 3.63) is 33.4 Å². The molecule has 0 saturated carbocycles. The zero-order valence-electron chi connectivity index (χ0n) is 9.73. The zero-order chi connectivity index (χ0) is 12.6. The number of hydrogen-bond acceptors (Lipinski definition) is 4. The maximum absolute atomic E-state index is 11.3. The standard InChI is InChI=1S/C12H13NO4/c1-7-3-4-11(13(15)16)10-5-9(8(2)14)6-17-12(7)10/h3-4,9H,5-6H2,1-2H3. The van der Waals surface area contributed by atoms with Gasteiger partial charge in [-0.15, -0.1) is 0 Å². The van der Waals surface area contributed by atoms with Crippen molar-refractivity contribution < 1.29 is 14.5 Å². The molecular weight excluding hydrogens is 222 g/mol. The van der Waals surface area contributed by atoms with E-state index in [1.807, 2.05) is 6.92 Å². The van der Waals surface area contributed by atoms with E-state index in [0.717, 1.165) is 5.56 Å². The lowest BCUT2D eigenvalue weighted by molar-refractivity contribution is -0.385. The molecule has 1 heterocycles. The van der Waals surface area contributed by atoms with Crippen LogP contribution >= 0.6 is 0 Å². The number of carbonyl (C=O) groups excluding carboxylic acids is 1. The van der Waals surface area contributed by atoms with Crippen molar-refractivity contribution in [3.63, 3.8) is 0 Å². The molecule has 1 unspecified atom stereocenters. The molecule has 0 radical (unpaired) electrons. The first-order valence-electron chi connectivity index (χ1n) is 5.41. The predicted octanol–water partition coefficient (Wildman–Crippen LogP) is 2.04. The van der Waals surface area contributed by atoms with Gasteiger partial charge in [-0.1, -0.05) is 0 Å². The van der Waals surface area contributed by atoms with Crippen LogP contribution in [0, 0.1) is 23.0 Å². The summed E-state index contributed by atoms with van der Waals surface area (Å²) in [5.41, 5.74) is 1.45. The Labute approximate surface area is 98.5 Å². The van der Waals surface area contributed by atoms with E-state index in [9.17, 15) is 14.9 Å². The van der Waals surface area contributed by atoms with Gasteiger partial charge in [0.15, 0.2) is 0 Å². The van der Waals surface area contributed by atoms with Crippen LogP contribution in [0.4, 0.5) is 5.69 Å². The summed E-state index contributed by atoms with van der Waals surface area (Å²) in [6.45, 7) is 3.64. The van der Waals surface area contributed by atoms with Crippen molar-refractivity contribution in [2.75, 3.05) is 6.61 Å². The molecule has 0 spiro atoms. The van der Waals surface area contributed by atoms with Gasteiger partial charge in [-0.25, -0.2) is 0 Å². The summed E-state index contributed by atoms with van der Waals surface area (Å²) in [5, 5.41) is 10.9. The topological polar surface area (TPSA) is 69.4 Å². The molecule has 1 aliphatic rings. The molecule has 5 heteroatoms. The average molecular weight is 235 g/mol. The number of aryl methyl sites for hydroxylation is 1. The van der Waals surface area contributed by atoms with Crippen LogP contribution in [0.5, 0.6) is 5.75 Å². The number of hydrogen-bond donors (Lipinski definition) is 0. The van der Waals surface area contributed by atoms with Crippen molar-refractivity contribution in [2.24, 2.45) is 5.92 Å².